The lowest BCUT2D eigenvalue weighted by atomic mass is 9.83. The van der Waals surface area contributed by atoms with Crippen LogP contribution in [0.25, 0.3) is 0 Å². The largest absolute Gasteiger partial charge is 0.490 e. The number of alkyl halides is 3. The number of aromatic nitrogens is 2. The van der Waals surface area contributed by atoms with Crippen molar-refractivity contribution >= 4 is 11.9 Å². The first kappa shape index (κ1) is 36.6. The predicted octanol–water partition coefficient (Wildman–Crippen LogP) is 7.06. The minimum absolute atomic E-state index is 0.289. The Hall–Kier alpha value is -3.70. The van der Waals surface area contributed by atoms with E-state index >= 15 is 0 Å². The zero-order chi connectivity index (χ0) is 35.0. The topological polar surface area (TPSA) is 98.9 Å². The zero-order valence-electron chi connectivity index (χ0n) is 28.3. The van der Waals surface area contributed by atoms with E-state index < -0.39 is 18.1 Å². The summed E-state index contributed by atoms with van der Waals surface area (Å²) in [7, 11) is 0. The maximum Gasteiger partial charge on any atom is 0.490 e. The van der Waals surface area contributed by atoms with Crippen LogP contribution in [0, 0.1) is 11.8 Å². The van der Waals surface area contributed by atoms with Crippen LogP contribution in [0.5, 0.6) is 0 Å². The van der Waals surface area contributed by atoms with Crippen LogP contribution in [0.15, 0.2) is 66.7 Å². The second-order valence-electron chi connectivity index (χ2n) is 13.8. The Balaban J connectivity index is 0.000000606. The number of benzene rings is 2. The highest BCUT2D eigenvalue weighted by Crippen LogP contribution is 2.39. The van der Waals surface area contributed by atoms with E-state index in [1.165, 1.54) is 41.8 Å². The SMILES string of the molecule is CCn1nc(Cc2ccccc2)cc1C1CCN(C[C@H]2CN([C@@H](C(=O)O)C3CCCCC3)C[C@@H]2c2ccccc2)CC1.O=C(O)C(F)(F)F. The van der Waals surface area contributed by atoms with Gasteiger partial charge in [0.15, 0.2) is 0 Å². The number of carboxylic acid groups (broad SMARTS) is 2. The minimum Gasteiger partial charge on any atom is -0.480 e. The Morgan fingerprint density at radius 2 is 1.51 bits per heavy atom. The number of carboxylic acids is 2. The van der Waals surface area contributed by atoms with Crippen LogP contribution in [0.2, 0.25) is 0 Å². The Bertz CT molecular complexity index is 1490. The van der Waals surface area contributed by atoms with Gasteiger partial charge in [0.05, 0.1) is 5.69 Å². The normalized spacial score (nSPS) is 22.0. The summed E-state index contributed by atoms with van der Waals surface area (Å²) >= 11 is 0. The zero-order valence-corrected chi connectivity index (χ0v) is 28.3. The molecular formula is C38H49F3N4O4. The van der Waals surface area contributed by atoms with Crippen molar-refractivity contribution in [3.05, 3.63) is 89.2 Å². The molecule has 3 fully saturated rings. The van der Waals surface area contributed by atoms with Gasteiger partial charge in [-0.05, 0) is 74.7 Å². The van der Waals surface area contributed by atoms with E-state index in [1.807, 2.05) is 0 Å². The highest BCUT2D eigenvalue weighted by atomic mass is 19.4. The highest BCUT2D eigenvalue weighted by molar-refractivity contribution is 5.74. The fourth-order valence-electron chi connectivity index (χ4n) is 8.20. The average Bonchev–Trinajstić information content (AvgIpc) is 3.70. The van der Waals surface area contributed by atoms with Gasteiger partial charge in [-0.15, -0.1) is 0 Å². The van der Waals surface area contributed by atoms with Crippen LogP contribution in [-0.2, 0) is 22.6 Å². The summed E-state index contributed by atoms with van der Waals surface area (Å²) in [6.45, 7) is 8.09. The monoisotopic (exact) mass is 682 g/mol. The molecule has 0 spiro atoms. The van der Waals surface area contributed by atoms with Gasteiger partial charge in [-0.3, -0.25) is 14.4 Å². The van der Waals surface area contributed by atoms with Gasteiger partial charge in [0, 0.05) is 50.1 Å². The molecule has 2 saturated heterocycles. The molecule has 11 heteroatoms. The summed E-state index contributed by atoms with van der Waals surface area (Å²) in [5.41, 5.74) is 5.24. The molecule has 266 valence electrons. The number of nitrogens with zero attached hydrogens (tertiary/aromatic N) is 4. The van der Waals surface area contributed by atoms with E-state index in [-0.39, 0.29) is 12.0 Å². The number of rotatable bonds is 10. The smallest absolute Gasteiger partial charge is 0.480 e. The maximum atomic E-state index is 12.6. The molecule has 0 amide bonds. The molecule has 0 bridgehead atoms. The summed E-state index contributed by atoms with van der Waals surface area (Å²) in [5.74, 6) is -1.70. The van der Waals surface area contributed by atoms with Crippen molar-refractivity contribution in [3.8, 4) is 0 Å². The number of aliphatic carboxylic acids is 2. The molecule has 1 saturated carbocycles. The molecule has 0 radical (unpaired) electrons. The molecule has 1 aliphatic carbocycles. The van der Waals surface area contributed by atoms with E-state index in [2.05, 4.69) is 88.1 Å². The summed E-state index contributed by atoms with van der Waals surface area (Å²) in [4.78, 5) is 26.5. The molecule has 1 aromatic heterocycles. The number of halogens is 3. The maximum absolute atomic E-state index is 12.6. The van der Waals surface area contributed by atoms with Gasteiger partial charge in [-0.25, -0.2) is 4.79 Å². The van der Waals surface area contributed by atoms with Crippen molar-refractivity contribution in [2.75, 3.05) is 32.7 Å². The third-order valence-corrected chi connectivity index (χ3v) is 10.6. The van der Waals surface area contributed by atoms with Crippen molar-refractivity contribution in [2.45, 2.75) is 88.9 Å². The summed E-state index contributed by atoms with van der Waals surface area (Å²) in [5, 5.41) is 22.5. The van der Waals surface area contributed by atoms with Crippen LogP contribution in [0.4, 0.5) is 13.2 Å². The average molecular weight is 683 g/mol. The molecule has 2 aliphatic heterocycles. The Labute approximate surface area is 286 Å². The molecule has 3 atom stereocenters. The number of hydrogen-bond acceptors (Lipinski definition) is 5. The lowest BCUT2D eigenvalue weighted by Crippen LogP contribution is -2.46. The van der Waals surface area contributed by atoms with Gasteiger partial charge >= 0.3 is 18.1 Å². The van der Waals surface area contributed by atoms with Crippen molar-refractivity contribution in [2.24, 2.45) is 11.8 Å². The van der Waals surface area contributed by atoms with E-state index in [4.69, 9.17) is 15.0 Å². The van der Waals surface area contributed by atoms with Crippen LogP contribution < -0.4 is 0 Å². The first-order chi connectivity index (χ1) is 23.5. The minimum atomic E-state index is -5.08. The van der Waals surface area contributed by atoms with Crippen LogP contribution in [0.3, 0.4) is 0 Å². The first-order valence-electron chi connectivity index (χ1n) is 17.7. The molecule has 3 aliphatic rings. The molecule has 3 aromatic rings. The lowest BCUT2D eigenvalue weighted by Gasteiger charge is -2.35. The molecule has 2 N–H and O–H groups in total. The molecule has 3 heterocycles. The Morgan fingerprint density at radius 3 is 2.08 bits per heavy atom. The quantitative estimate of drug-likeness (QED) is 0.236. The Kier molecular flexibility index (Phi) is 12.5. The van der Waals surface area contributed by atoms with Gasteiger partial charge < -0.3 is 15.1 Å². The molecule has 8 nitrogen and oxygen atoms in total. The van der Waals surface area contributed by atoms with Crippen LogP contribution >= 0.6 is 0 Å². The van der Waals surface area contributed by atoms with E-state index in [0.29, 0.717) is 17.8 Å². The molecule has 6 rings (SSSR count). The first-order valence-corrected chi connectivity index (χ1v) is 17.7. The van der Waals surface area contributed by atoms with Crippen LogP contribution in [0.1, 0.15) is 86.2 Å². The molecule has 2 aromatic carbocycles. The van der Waals surface area contributed by atoms with Crippen molar-refractivity contribution < 1.29 is 33.0 Å². The molecular weight excluding hydrogens is 633 g/mol. The van der Waals surface area contributed by atoms with Gasteiger partial charge in [-0.2, -0.15) is 18.3 Å². The number of carbonyl (C=O) groups is 2. The standard InChI is InChI=1S/C36H48N4O2.C2HF3O2/c1-2-40-34(23-32(37-40)22-27-12-6-3-7-13-27)29-18-20-38(21-19-29)24-31-25-39(26-33(31)28-14-8-4-9-15-28)35(36(41)42)30-16-10-5-11-17-30;3-2(4,5)1(6)7/h3-4,6-9,12-15,23,29-31,33,35H,2,5,10-11,16-22,24-26H2,1H3,(H,41,42);(H,6,7)/t31-,33+,35+;/m0./s1. The van der Waals surface area contributed by atoms with Crippen molar-refractivity contribution in [1.82, 2.24) is 19.6 Å². The highest BCUT2D eigenvalue weighted by Gasteiger charge is 2.43. The third kappa shape index (κ3) is 9.72. The van der Waals surface area contributed by atoms with Gasteiger partial charge in [0.1, 0.15) is 6.04 Å². The van der Waals surface area contributed by atoms with E-state index in [0.717, 1.165) is 71.4 Å². The molecule has 49 heavy (non-hydrogen) atoms. The summed E-state index contributed by atoms with van der Waals surface area (Å²) in [6, 6.07) is 23.5. The van der Waals surface area contributed by atoms with Gasteiger partial charge in [0.25, 0.3) is 0 Å². The Morgan fingerprint density at radius 1 is 0.898 bits per heavy atom. The second-order valence-corrected chi connectivity index (χ2v) is 13.8. The van der Waals surface area contributed by atoms with Gasteiger partial charge in [0.2, 0.25) is 0 Å². The van der Waals surface area contributed by atoms with E-state index in [9.17, 15) is 23.1 Å². The summed E-state index contributed by atoms with van der Waals surface area (Å²) in [6.07, 6.45) is 3.83. The third-order valence-electron chi connectivity index (χ3n) is 10.6. The second kappa shape index (κ2) is 16.8. The number of hydrogen-bond donors (Lipinski definition) is 2. The van der Waals surface area contributed by atoms with E-state index in [1.54, 1.807) is 0 Å². The fraction of sp³-hybridized carbons (Fsp3) is 0.553. The number of likely N-dealkylation sites (tertiary alicyclic amines) is 2. The number of aryl methyl sites for hydroxylation is 1. The van der Waals surface area contributed by atoms with Crippen LogP contribution in [-0.4, -0.2) is 86.7 Å². The van der Waals surface area contributed by atoms with Crippen molar-refractivity contribution in [1.29, 1.82) is 0 Å². The number of piperidine rings is 1. The van der Waals surface area contributed by atoms with Gasteiger partial charge in [-0.1, -0.05) is 79.9 Å². The molecule has 0 unspecified atom stereocenters. The lowest BCUT2D eigenvalue weighted by molar-refractivity contribution is -0.192. The fourth-order valence-corrected chi connectivity index (χ4v) is 8.20. The van der Waals surface area contributed by atoms with Crippen molar-refractivity contribution in [3.63, 3.8) is 0 Å². The summed E-state index contributed by atoms with van der Waals surface area (Å²) < 4.78 is 34.0. The predicted molar refractivity (Wildman–Crippen MR) is 181 cm³/mol.